The highest BCUT2D eigenvalue weighted by Gasteiger charge is 2.13. The fourth-order valence-corrected chi connectivity index (χ4v) is 3.15. The molecule has 0 bridgehead atoms. The second-order valence-electron chi connectivity index (χ2n) is 4.14. The smallest absolute Gasteiger partial charge is 0.113 e. The fraction of sp³-hybridized carbons (Fsp3) is 0.0667. The zero-order chi connectivity index (χ0) is 12.5. The number of rotatable bonds is 2. The van der Waals surface area contributed by atoms with E-state index in [0.717, 1.165) is 10.4 Å². The first kappa shape index (κ1) is 11.7. The molecule has 0 aliphatic carbocycles. The molecule has 0 spiro atoms. The van der Waals surface area contributed by atoms with E-state index in [-0.39, 0.29) is 0 Å². The summed E-state index contributed by atoms with van der Waals surface area (Å²) in [6, 6.07) is 17.5. The third kappa shape index (κ3) is 2.15. The van der Waals surface area contributed by atoms with Crippen LogP contribution in [0.2, 0.25) is 5.02 Å². The van der Waals surface area contributed by atoms with E-state index in [1.807, 2.05) is 30.3 Å². The van der Waals surface area contributed by atoms with E-state index in [1.54, 1.807) is 23.5 Å². The molecule has 1 nitrogen and oxygen atoms in total. The van der Waals surface area contributed by atoms with Crippen LogP contribution in [-0.2, 0) is 0 Å². The average Bonchev–Trinajstić information content (AvgIpc) is 2.82. The van der Waals surface area contributed by atoms with Crippen molar-refractivity contribution in [1.29, 1.82) is 0 Å². The first-order valence-electron chi connectivity index (χ1n) is 5.66. The minimum atomic E-state index is -0.584. The summed E-state index contributed by atoms with van der Waals surface area (Å²) < 4.78 is 1.19. The largest absolute Gasteiger partial charge is 0.383 e. The molecular weight excluding hydrogens is 264 g/mol. The first-order valence-corrected chi connectivity index (χ1v) is 6.85. The van der Waals surface area contributed by atoms with Gasteiger partial charge in [-0.05, 0) is 35.2 Å². The SMILES string of the molecule is O[C@@H](c1ccc(Cl)cc1)c1cc2ccccc2s1. The van der Waals surface area contributed by atoms with Crippen molar-refractivity contribution in [3.63, 3.8) is 0 Å². The first-order chi connectivity index (χ1) is 8.74. The molecule has 0 aliphatic heterocycles. The lowest BCUT2D eigenvalue weighted by Crippen LogP contribution is -1.95. The highest BCUT2D eigenvalue weighted by atomic mass is 35.5. The van der Waals surface area contributed by atoms with E-state index >= 15 is 0 Å². The van der Waals surface area contributed by atoms with Gasteiger partial charge in [0.1, 0.15) is 6.10 Å². The van der Waals surface area contributed by atoms with Gasteiger partial charge in [-0.2, -0.15) is 0 Å². The molecule has 2 aromatic carbocycles. The number of hydrogen-bond acceptors (Lipinski definition) is 2. The molecule has 1 heterocycles. The molecule has 0 aliphatic rings. The van der Waals surface area contributed by atoms with Crippen molar-refractivity contribution < 1.29 is 5.11 Å². The van der Waals surface area contributed by atoms with Gasteiger partial charge in [-0.15, -0.1) is 11.3 Å². The predicted octanol–water partition coefficient (Wildman–Crippen LogP) is 4.64. The van der Waals surface area contributed by atoms with Gasteiger partial charge in [0.2, 0.25) is 0 Å². The summed E-state index contributed by atoms with van der Waals surface area (Å²) in [6.45, 7) is 0. The number of aliphatic hydroxyl groups excluding tert-OH is 1. The van der Waals surface area contributed by atoms with E-state index in [4.69, 9.17) is 11.6 Å². The van der Waals surface area contributed by atoms with Gasteiger partial charge in [0, 0.05) is 14.6 Å². The highest BCUT2D eigenvalue weighted by Crippen LogP contribution is 2.33. The van der Waals surface area contributed by atoms with Gasteiger partial charge in [-0.3, -0.25) is 0 Å². The van der Waals surface area contributed by atoms with Crippen LogP contribution in [0.3, 0.4) is 0 Å². The van der Waals surface area contributed by atoms with Crippen LogP contribution in [-0.4, -0.2) is 5.11 Å². The summed E-state index contributed by atoms with van der Waals surface area (Å²) in [7, 11) is 0. The normalized spacial score (nSPS) is 12.8. The Bertz CT molecular complexity index is 639. The minimum Gasteiger partial charge on any atom is -0.383 e. The minimum absolute atomic E-state index is 0.584. The summed E-state index contributed by atoms with van der Waals surface area (Å²) >= 11 is 7.47. The monoisotopic (exact) mass is 274 g/mol. The molecule has 0 unspecified atom stereocenters. The van der Waals surface area contributed by atoms with Gasteiger partial charge >= 0.3 is 0 Å². The van der Waals surface area contributed by atoms with Crippen LogP contribution in [0.15, 0.2) is 54.6 Å². The van der Waals surface area contributed by atoms with Gasteiger partial charge in [0.05, 0.1) is 0 Å². The molecule has 18 heavy (non-hydrogen) atoms. The summed E-state index contributed by atoms with van der Waals surface area (Å²) in [5.74, 6) is 0. The summed E-state index contributed by atoms with van der Waals surface area (Å²) in [4.78, 5) is 0.957. The third-order valence-electron chi connectivity index (χ3n) is 2.90. The van der Waals surface area contributed by atoms with Gasteiger partial charge in [0.25, 0.3) is 0 Å². The van der Waals surface area contributed by atoms with E-state index in [1.165, 1.54) is 10.1 Å². The maximum Gasteiger partial charge on any atom is 0.113 e. The maximum atomic E-state index is 10.4. The Morgan fingerprint density at radius 1 is 1.00 bits per heavy atom. The van der Waals surface area contributed by atoms with Crippen molar-refractivity contribution in [2.24, 2.45) is 0 Å². The highest BCUT2D eigenvalue weighted by molar-refractivity contribution is 7.19. The Morgan fingerprint density at radius 2 is 1.72 bits per heavy atom. The van der Waals surface area contributed by atoms with Crippen molar-refractivity contribution >= 4 is 33.0 Å². The lowest BCUT2D eigenvalue weighted by Gasteiger charge is -2.08. The molecule has 0 fully saturated rings. The fourth-order valence-electron chi connectivity index (χ4n) is 1.95. The molecular formula is C15H11ClOS. The molecule has 0 radical (unpaired) electrons. The van der Waals surface area contributed by atoms with E-state index in [9.17, 15) is 5.11 Å². The van der Waals surface area contributed by atoms with Crippen molar-refractivity contribution in [3.8, 4) is 0 Å². The average molecular weight is 275 g/mol. The number of thiophene rings is 1. The Labute approximate surface area is 114 Å². The van der Waals surface area contributed by atoms with Gasteiger partial charge in [-0.25, -0.2) is 0 Å². The van der Waals surface area contributed by atoms with Crippen molar-refractivity contribution in [2.75, 3.05) is 0 Å². The molecule has 3 heteroatoms. The molecule has 1 aromatic heterocycles. The van der Waals surface area contributed by atoms with E-state index in [2.05, 4.69) is 12.1 Å². The van der Waals surface area contributed by atoms with Crippen LogP contribution >= 0.6 is 22.9 Å². The predicted molar refractivity (Wildman–Crippen MR) is 77.3 cm³/mol. The Hall–Kier alpha value is -1.35. The number of fused-ring (bicyclic) bond motifs is 1. The van der Waals surface area contributed by atoms with Crippen LogP contribution in [0.25, 0.3) is 10.1 Å². The van der Waals surface area contributed by atoms with Gasteiger partial charge in [-0.1, -0.05) is 41.9 Å². The third-order valence-corrected chi connectivity index (χ3v) is 4.32. The zero-order valence-corrected chi connectivity index (χ0v) is 11.1. The van der Waals surface area contributed by atoms with Crippen molar-refractivity contribution in [3.05, 3.63) is 70.1 Å². The van der Waals surface area contributed by atoms with Crippen LogP contribution < -0.4 is 0 Å². The Balaban J connectivity index is 2.00. The molecule has 0 saturated heterocycles. The second-order valence-corrected chi connectivity index (χ2v) is 5.69. The lowest BCUT2D eigenvalue weighted by molar-refractivity contribution is 0.224. The zero-order valence-electron chi connectivity index (χ0n) is 9.51. The van der Waals surface area contributed by atoms with E-state index in [0.29, 0.717) is 5.02 Å². The lowest BCUT2D eigenvalue weighted by atomic mass is 10.1. The molecule has 3 rings (SSSR count). The summed E-state index contributed by atoms with van der Waals surface area (Å²) in [6.07, 6.45) is -0.584. The molecule has 3 aromatic rings. The number of benzene rings is 2. The van der Waals surface area contributed by atoms with Crippen molar-refractivity contribution in [2.45, 2.75) is 6.10 Å². The molecule has 0 amide bonds. The maximum absolute atomic E-state index is 10.4. The molecule has 1 N–H and O–H groups in total. The van der Waals surface area contributed by atoms with E-state index < -0.39 is 6.10 Å². The topological polar surface area (TPSA) is 20.2 Å². The van der Waals surface area contributed by atoms with Crippen LogP contribution in [0.1, 0.15) is 16.5 Å². The van der Waals surface area contributed by atoms with Gasteiger partial charge in [0.15, 0.2) is 0 Å². The van der Waals surface area contributed by atoms with Crippen LogP contribution in [0.4, 0.5) is 0 Å². The van der Waals surface area contributed by atoms with Crippen molar-refractivity contribution in [1.82, 2.24) is 0 Å². The standard InChI is InChI=1S/C15H11ClOS/c16-12-7-5-10(6-8-12)15(17)14-9-11-3-1-2-4-13(11)18-14/h1-9,15,17H/t15-/m0/s1. The summed E-state index contributed by atoms with van der Waals surface area (Å²) in [5.41, 5.74) is 0.867. The molecule has 90 valence electrons. The molecule has 0 saturated carbocycles. The molecule has 1 atom stereocenters. The second kappa shape index (κ2) is 4.73. The van der Waals surface area contributed by atoms with Gasteiger partial charge < -0.3 is 5.11 Å². The number of halogens is 1. The number of hydrogen-bond donors (Lipinski definition) is 1. The Kier molecular flexibility index (Phi) is 3.08. The summed E-state index contributed by atoms with van der Waals surface area (Å²) in [5, 5.41) is 12.2. The van der Waals surface area contributed by atoms with Crippen LogP contribution in [0, 0.1) is 0 Å². The van der Waals surface area contributed by atoms with Crippen LogP contribution in [0.5, 0.6) is 0 Å². The quantitative estimate of drug-likeness (QED) is 0.722. The number of aliphatic hydroxyl groups is 1. The Morgan fingerprint density at radius 3 is 2.44 bits per heavy atom.